The molecule has 1 aliphatic carbocycles. The van der Waals surface area contributed by atoms with Crippen LogP contribution in [0.25, 0.3) is 0 Å². The minimum Gasteiger partial charge on any atom is -0.459 e. The van der Waals surface area contributed by atoms with Crippen molar-refractivity contribution in [3.05, 3.63) is 138 Å². The lowest BCUT2D eigenvalue weighted by Crippen LogP contribution is -2.62. The monoisotopic (exact) mass is 898 g/mol. The smallest absolute Gasteiger partial charge is 0.414 e. The Bertz CT molecular complexity index is 2340. The van der Waals surface area contributed by atoms with Gasteiger partial charge in [-0.3, -0.25) is 19.9 Å². The lowest BCUT2D eigenvalue weighted by Gasteiger charge is -2.35. The fourth-order valence-electron chi connectivity index (χ4n) is 7.23. The minimum atomic E-state index is -3.54. The molecule has 0 bridgehead atoms. The van der Waals surface area contributed by atoms with Gasteiger partial charge >= 0.3 is 18.2 Å². The van der Waals surface area contributed by atoms with Crippen LogP contribution >= 0.6 is 0 Å². The summed E-state index contributed by atoms with van der Waals surface area (Å²) in [5.41, 5.74) is 13.0. The number of guanidine groups is 1. The number of aliphatic hydroxyl groups excluding tert-OH is 1. The summed E-state index contributed by atoms with van der Waals surface area (Å²) in [5, 5.41) is 19.4. The van der Waals surface area contributed by atoms with Crippen molar-refractivity contribution >= 4 is 45.6 Å². The first-order valence-electron chi connectivity index (χ1n) is 20.7. The lowest BCUT2D eigenvalue weighted by atomic mass is 9.73. The van der Waals surface area contributed by atoms with Crippen LogP contribution in [0.5, 0.6) is 0 Å². The van der Waals surface area contributed by atoms with E-state index in [0.29, 0.717) is 23.1 Å². The zero-order valence-corrected chi connectivity index (χ0v) is 36.2. The molecule has 0 radical (unpaired) electrons. The molecule has 18 heteroatoms. The molecular weight excluding hydrogens is 845 g/mol. The first kappa shape index (κ1) is 48.4. The Labute approximate surface area is 371 Å². The van der Waals surface area contributed by atoms with Crippen molar-refractivity contribution in [2.75, 3.05) is 12.8 Å². The predicted molar refractivity (Wildman–Crippen MR) is 236 cm³/mol. The van der Waals surface area contributed by atoms with Crippen LogP contribution in [0.15, 0.2) is 125 Å². The summed E-state index contributed by atoms with van der Waals surface area (Å²) in [5.74, 6) is -2.96. The molecule has 4 aromatic carbocycles. The normalized spacial score (nSPS) is 17.5. The van der Waals surface area contributed by atoms with Crippen LogP contribution < -0.4 is 27.4 Å². The number of ether oxygens (including phenoxy) is 3. The van der Waals surface area contributed by atoms with Gasteiger partial charge < -0.3 is 41.4 Å². The predicted octanol–water partition coefficient (Wildman–Crippen LogP) is 3.60. The van der Waals surface area contributed by atoms with E-state index < -0.39 is 69.3 Å². The Morgan fingerprint density at radius 1 is 0.766 bits per heavy atom. The highest BCUT2D eigenvalue weighted by molar-refractivity contribution is 7.90. The Morgan fingerprint density at radius 2 is 1.30 bits per heavy atom. The number of hydrogen-bond donors (Lipinski definition) is 6. The SMILES string of the molecule is CS(=O)(=O)c1ccc(C[C@@H](NC(=O)OCc2ccccc2)[C@H](O)C(=O)C2(C(=O)N[C@@H](CCCN=C(N)NC(=O)OCc3ccccc3)C(=O)OCc3ccccc3)CCCC2N)cc1. The van der Waals surface area contributed by atoms with Crippen LogP contribution in [0.4, 0.5) is 9.59 Å². The maximum atomic E-state index is 14.7. The highest BCUT2D eigenvalue weighted by Gasteiger charge is 2.56. The van der Waals surface area contributed by atoms with E-state index in [0.717, 1.165) is 11.8 Å². The number of Topliss-reactive ketones (excluding diaryl/α,β-unsaturated/α-hetero) is 1. The van der Waals surface area contributed by atoms with Gasteiger partial charge in [0.15, 0.2) is 21.6 Å². The second-order valence-electron chi connectivity index (χ2n) is 15.4. The number of sulfone groups is 1. The number of amides is 3. The van der Waals surface area contributed by atoms with E-state index in [1.807, 2.05) is 6.07 Å². The van der Waals surface area contributed by atoms with Gasteiger partial charge in [0, 0.05) is 18.8 Å². The topological polar surface area (TPSA) is 268 Å². The number of carbonyl (C=O) groups is 5. The first-order chi connectivity index (χ1) is 30.6. The molecule has 2 unspecified atom stereocenters. The van der Waals surface area contributed by atoms with Crippen molar-refractivity contribution in [3.8, 4) is 0 Å². The maximum absolute atomic E-state index is 14.7. The van der Waals surface area contributed by atoms with E-state index in [9.17, 15) is 37.5 Å². The highest BCUT2D eigenvalue weighted by atomic mass is 32.2. The number of nitrogens with zero attached hydrogens (tertiary/aromatic N) is 1. The number of rotatable bonds is 20. The van der Waals surface area contributed by atoms with Crippen molar-refractivity contribution in [2.24, 2.45) is 21.9 Å². The van der Waals surface area contributed by atoms with Crippen LogP contribution in [0.1, 0.15) is 54.4 Å². The number of benzene rings is 4. The molecule has 0 saturated heterocycles. The van der Waals surface area contributed by atoms with Crippen molar-refractivity contribution in [1.29, 1.82) is 0 Å². The Hall–Kier alpha value is -6.63. The molecular formula is C46H54N6O11S. The summed E-state index contributed by atoms with van der Waals surface area (Å²) >= 11 is 0. The molecule has 64 heavy (non-hydrogen) atoms. The second kappa shape index (κ2) is 23.2. The van der Waals surface area contributed by atoms with Gasteiger partial charge in [-0.2, -0.15) is 0 Å². The van der Waals surface area contributed by atoms with Gasteiger partial charge in [0.25, 0.3) is 0 Å². The van der Waals surface area contributed by atoms with Gasteiger partial charge in [-0.05, 0) is 66.5 Å². The number of alkyl carbamates (subject to hydrolysis) is 2. The van der Waals surface area contributed by atoms with E-state index in [1.54, 1.807) is 84.9 Å². The summed E-state index contributed by atoms with van der Waals surface area (Å²) in [6.45, 7) is -0.227. The molecule has 0 aliphatic heterocycles. The standard InChI is InChI=1S/C46H54N6O11S/c1-64(59,60)35-23-21-31(22-24-35)27-37(51-44(57)62-29-33-15-7-3-8-16-33)39(53)40(54)46(25-11-20-38(46)47)42(56)50-36(41(55)61-28-32-13-5-2-6-14-32)19-12-26-49-43(48)52-45(58)63-30-34-17-9-4-10-18-34/h2-10,13-18,21-24,36-39,53H,11-12,19-20,25-30,47H2,1H3,(H,50,56)(H,51,57)(H3,48,49,52,58)/t36-,37+,38?,39-,46?/m0/s1. The molecule has 0 heterocycles. The van der Waals surface area contributed by atoms with E-state index in [4.69, 9.17) is 25.7 Å². The number of nitrogens with two attached hydrogens (primary N) is 2. The zero-order chi connectivity index (χ0) is 46.1. The number of aliphatic imine (C=N–C) groups is 1. The summed E-state index contributed by atoms with van der Waals surface area (Å²) in [6.07, 6.45) is -2.36. The number of aliphatic hydroxyl groups is 1. The molecule has 3 amide bonds. The molecule has 0 aromatic heterocycles. The molecule has 0 spiro atoms. The molecule has 1 saturated carbocycles. The third kappa shape index (κ3) is 13.9. The summed E-state index contributed by atoms with van der Waals surface area (Å²) in [6, 6.07) is 28.6. The molecule has 8 N–H and O–H groups in total. The summed E-state index contributed by atoms with van der Waals surface area (Å²) < 4.78 is 40.4. The average Bonchev–Trinajstić information content (AvgIpc) is 3.69. The van der Waals surface area contributed by atoms with Gasteiger partial charge in [0.2, 0.25) is 5.91 Å². The Balaban J connectivity index is 1.32. The van der Waals surface area contributed by atoms with Gasteiger partial charge in [-0.15, -0.1) is 0 Å². The summed E-state index contributed by atoms with van der Waals surface area (Å²) in [4.78, 5) is 72.5. The largest absolute Gasteiger partial charge is 0.459 e. The molecule has 1 aliphatic rings. The van der Waals surface area contributed by atoms with Gasteiger partial charge in [-0.1, -0.05) is 110 Å². The molecule has 5 atom stereocenters. The summed E-state index contributed by atoms with van der Waals surface area (Å²) in [7, 11) is -3.54. The number of nitrogens with one attached hydrogen (secondary N) is 3. The van der Waals surface area contributed by atoms with Gasteiger partial charge in [0.1, 0.15) is 37.4 Å². The maximum Gasteiger partial charge on any atom is 0.414 e. The van der Waals surface area contributed by atoms with Crippen molar-refractivity contribution < 1.29 is 51.7 Å². The van der Waals surface area contributed by atoms with Crippen LogP contribution in [-0.2, 0) is 64.7 Å². The lowest BCUT2D eigenvalue weighted by molar-refractivity contribution is -0.155. The molecule has 5 rings (SSSR count). The van der Waals surface area contributed by atoms with Crippen LogP contribution in [0, 0.1) is 5.41 Å². The van der Waals surface area contributed by atoms with Crippen molar-refractivity contribution in [1.82, 2.24) is 16.0 Å². The van der Waals surface area contributed by atoms with E-state index in [-0.39, 0.29) is 69.3 Å². The number of carbonyl (C=O) groups excluding carboxylic acids is 5. The number of hydrogen-bond acceptors (Lipinski definition) is 13. The van der Waals surface area contributed by atoms with E-state index >= 15 is 0 Å². The molecule has 340 valence electrons. The second-order valence-corrected chi connectivity index (χ2v) is 17.4. The van der Waals surface area contributed by atoms with Crippen LogP contribution in [-0.4, -0.2) is 86.4 Å². The third-order valence-electron chi connectivity index (χ3n) is 10.7. The quantitative estimate of drug-likeness (QED) is 0.0185. The fourth-order valence-corrected chi connectivity index (χ4v) is 7.86. The molecule has 1 fully saturated rings. The number of esters is 1. The first-order valence-corrected chi connectivity index (χ1v) is 22.6. The van der Waals surface area contributed by atoms with Crippen LogP contribution in [0.3, 0.4) is 0 Å². The van der Waals surface area contributed by atoms with E-state index in [1.165, 1.54) is 24.3 Å². The van der Waals surface area contributed by atoms with Crippen molar-refractivity contribution in [3.63, 3.8) is 0 Å². The fraction of sp³-hybridized carbons (Fsp3) is 0.348. The molecule has 17 nitrogen and oxygen atoms in total. The Kier molecular flexibility index (Phi) is 17.5. The minimum absolute atomic E-state index is 0.00429. The van der Waals surface area contributed by atoms with Gasteiger partial charge in [-0.25, -0.2) is 22.8 Å². The van der Waals surface area contributed by atoms with Gasteiger partial charge in [0.05, 0.1) is 10.9 Å². The van der Waals surface area contributed by atoms with Crippen LogP contribution in [0.2, 0.25) is 0 Å². The van der Waals surface area contributed by atoms with E-state index in [2.05, 4.69) is 20.9 Å². The average molecular weight is 899 g/mol. The van der Waals surface area contributed by atoms with Crippen molar-refractivity contribution in [2.45, 2.75) is 87.5 Å². The third-order valence-corrected chi connectivity index (χ3v) is 11.9. The highest BCUT2D eigenvalue weighted by Crippen LogP contribution is 2.40. The Morgan fingerprint density at radius 3 is 1.81 bits per heavy atom. The zero-order valence-electron chi connectivity index (χ0n) is 35.4. The molecule has 4 aromatic rings. The number of ketones is 1.